The van der Waals surface area contributed by atoms with E-state index in [0.29, 0.717) is 12.6 Å². The fraction of sp³-hybridized carbons (Fsp3) is 0.929. The van der Waals surface area contributed by atoms with Gasteiger partial charge >= 0.3 is 5.97 Å². The van der Waals surface area contributed by atoms with E-state index in [4.69, 9.17) is 4.74 Å². The predicted octanol–water partition coefficient (Wildman–Crippen LogP) is 1.08. The smallest absolute Gasteiger partial charge is 0.323 e. The minimum absolute atomic E-state index is 0.380. The van der Waals surface area contributed by atoms with E-state index in [1.165, 1.54) is 0 Å². The number of hydrogen-bond acceptors (Lipinski definition) is 4. The summed E-state index contributed by atoms with van der Waals surface area (Å²) in [6, 6.07) is 0.380. The van der Waals surface area contributed by atoms with Crippen molar-refractivity contribution >= 4 is 5.97 Å². The third-order valence-electron chi connectivity index (χ3n) is 4.42. The summed E-state index contributed by atoms with van der Waals surface area (Å²) in [4.78, 5) is 14.1. The van der Waals surface area contributed by atoms with Crippen molar-refractivity contribution in [3.8, 4) is 0 Å². The summed E-state index contributed by atoms with van der Waals surface area (Å²) >= 11 is 0. The highest BCUT2D eigenvalue weighted by atomic mass is 16.5. The van der Waals surface area contributed by atoms with Crippen molar-refractivity contribution in [1.82, 2.24) is 10.2 Å². The Hall–Kier alpha value is -0.650. The minimum Gasteiger partial charge on any atom is -0.480 e. The maximum Gasteiger partial charge on any atom is 0.323 e. The van der Waals surface area contributed by atoms with Crippen molar-refractivity contribution in [2.75, 3.05) is 32.8 Å². The number of ether oxygens (including phenoxy) is 1. The van der Waals surface area contributed by atoms with E-state index in [2.05, 4.69) is 10.2 Å². The Kier molecular flexibility index (Phi) is 5.19. The first-order chi connectivity index (χ1) is 9.18. The summed E-state index contributed by atoms with van der Waals surface area (Å²) in [5.74, 6) is -0.690. The van der Waals surface area contributed by atoms with E-state index in [1.807, 2.05) is 6.92 Å². The summed E-state index contributed by atoms with van der Waals surface area (Å²) in [6.07, 6.45) is 4.62. The third-order valence-corrected chi connectivity index (χ3v) is 4.42. The maximum absolute atomic E-state index is 11.7. The van der Waals surface area contributed by atoms with Crippen LogP contribution >= 0.6 is 0 Å². The van der Waals surface area contributed by atoms with Gasteiger partial charge in [-0.3, -0.25) is 9.69 Å². The molecule has 2 unspecified atom stereocenters. The highest BCUT2D eigenvalue weighted by Crippen LogP contribution is 2.32. The van der Waals surface area contributed by atoms with Gasteiger partial charge in [-0.25, -0.2) is 0 Å². The largest absolute Gasteiger partial charge is 0.480 e. The van der Waals surface area contributed by atoms with Gasteiger partial charge in [0.1, 0.15) is 5.54 Å². The second kappa shape index (κ2) is 6.68. The van der Waals surface area contributed by atoms with Crippen molar-refractivity contribution < 1.29 is 14.6 Å². The number of nitrogens with zero attached hydrogens (tertiary/aromatic N) is 1. The highest BCUT2D eigenvalue weighted by molar-refractivity contribution is 5.79. The molecule has 0 aromatic carbocycles. The SMILES string of the molecule is CCNC1(C(=O)O)CCCC(N2CCCOCC2)C1. The molecule has 0 bridgehead atoms. The summed E-state index contributed by atoms with van der Waals surface area (Å²) in [5, 5.41) is 12.8. The van der Waals surface area contributed by atoms with Crippen LogP contribution in [0.25, 0.3) is 0 Å². The Morgan fingerprint density at radius 3 is 3.00 bits per heavy atom. The van der Waals surface area contributed by atoms with Gasteiger partial charge in [-0.1, -0.05) is 6.92 Å². The molecule has 5 nitrogen and oxygen atoms in total. The lowest BCUT2D eigenvalue weighted by atomic mass is 9.78. The Morgan fingerprint density at radius 1 is 1.42 bits per heavy atom. The molecule has 2 N–H and O–H groups in total. The molecule has 1 aliphatic carbocycles. The Labute approximate surface area is 115 Å². The molecule has 1 saturated heterocycles. The monoisotopic (exact) mass is 270 g/mol. The number of hydrogen-bond donors (Lipinski definition) is 2. The Balaban J connectivity index is 2.03. The van der Waals surface area contributed by atoms with Crippen LogP contribution in [0.4, 0.5) is 0 Å². The summed E-state index contributed by atoms with van der Waals surface area (Å²) < 4.78 is 5.49. The van der Waals surface area contributed by atoms with Gasteiger partial charge in [0.05, 0.1) is 6.61 Å². The predicted molar refractivity (Wildman–Crippen MR) is 73.3 cm³/mol. The molecule has 1 heterocycles. The number of likely N-dealkylation sites (N-methyl/N-ethyl adjacent to an activating group) is 1. The summed E-state index contributed by atoms with van der Waals surface area (Å²) in [6.45, 7) is 6.27. The topological polar surface area (TPSA) is 61.8 Å². The fourth-order valence-electron chi connectivity index (χ4n) is 3.46. The first kappa shape index (κ1) is 14.8. The van der Waals surface area contributed by atoms with Crippen LogP contribution in [0.1, 0.15) is 39.0 Å². The first-order valence-corrected chi connectivity index (χ1v) is 7.48. The number of nitrogens with one attached hydrogen (secondary N) is 1. The van der Waals surface area contributed by atoms with Crippen LogP contribution in [0, 0.1) is 0 Å². The van der Waals surface area contributed by atoms with Crippen molar-refractivity contribution in [3.63, 3.8) is 0 Å². The molecule has 0 aromatic heterocycles. The zero-order valence-corrected chi connectivity index (χ0v) is 11.9. The van der Waals surface area contributed by atoms with Gasteiger partial charge in [0.2, 0.25) is 0 Å². The van der Waals surface area contributed by atoms with E-state index in [-0.39, 0.29) is 0 Å². The lowest BCUT2D eigenvalue weighted by molar-refractivity contribution is -0.147. The fourth-order valence-corrected chi connectivity index (χ4v) is 3.46. The highest BCUT2D eigenvalue weighted by Gasteiger charge is 2.43. The Morgan fingerprint density at radius 2 is 2.26 bits per heavy atom. The molecular formula is C14H26N2O3. The molecule has 1 saturated carbocycles. The lowest BCUT2D eigenvalue weighted by Gasteiger charge is -2.42. The second-order valence-electron chi connectivity index (χ2n) is 5.67. The number of rotatable bonds is 4. The number of aliphatic carboxylic acids is 1. The molecule has 5 heteroatoms. The summed E-state index contributed by atoms with van der Waals surface area (Å²) in [5.41, 5.74) is -0.717. The zero-order valence-electron chi connectivity index (χ0n) is 11.9. The molecule has 0 radical (unpaired) electrons. The number of carbonyl (C=O) groups is 1. The maximum atomic E-state index is 11.7. The quantitative estimate of drug-likeness (QED) is 0.800. The van der Waals surface area contributed by atoms with Gasteiger partial charge in [-0.2, -0.15) is 0 Å². The molecular weight excluding hydrogens is 244 g/mol. The van der Waals surface area contributed by atoms with Crippen LogP contribution in [-0.2, 0) is 9.53 Å². The number of carboxylic acid groups (broad SMARTS) is 1. The average Bonchev–Trinajstić information content (AvgIpc) is 2.68. The molecule has 0 spiro atoms. The molecule has 2 aliphatic rings. The van der Waals surface area contributed by atoms with Crippen molar-refractivity contribution in [3.05, 3.63) is 0 Å². The van der Waals surface area contributed by atoms with Crippen LogP contribution in [0.2, 0.25) is 0 Å². The number of carboxylic acids is 1. The van der Waals surface area contributed by atoms with E-state index in [9.17, 15) is 9.90 Å². The van der Waals surface area contributed by atoms with Crippen LogP contribution in [0.3, 0.4) is 0 Å². The average molecular weight is 270 g/mol. The van der Waals surface area contributed by atoms with Crippen molar-refractivity contribution in [1.29, 1.82) is 0 Å². The zero-order chi connectivity index (χ0) is 13.7. The molecule has 110 valence electrons. The molecule has 1 aliphatic heterocycles. The Bertz CT molecular complexity index is 299. The van der Waals surface area contributed by atoms with Gasteiger partial charge in [-0.05, 0) is 38.6 Å². The molecule has 0 aromatic rings. The van der Waals surface area contributed by atoms with E-state index < -0.39 is 11.5 Å². The van der Waals surface area contributed by atoms with Crippen LogP contribution in [0.5, 0.6) is 0 Å². The standard InChI is InChI=1S/C14H26N2O3/c1-2-15-14(13(17)18)6-3-5-12(11-14)16-7-4-9-19-10-8-16/h12,15H,2-11H2,1H3,(H,17,18). The van der Waals surface area contributed by atoms with Crippen LogP contribution in [0.15, 0.2) is 0 Å². The normalized spacial score (nSPS) is 33.8. The van der Waals surface area contributed by atoms with Gasteiger partial charge in [0.15, 0.2) is 0 Å². The molecule has 2 fully saturated rings. The first-order valence-electron chi connectivity index (χ1n) is 7.48. The van der Waals surface area contributed by atoms with Crippen LogP contribution < -0.4 is 5.32 Å². The van der Waals surface area contributed by atoms with Gasteiger partial charge in [-0.15, -0.1) is 0 Å². The van der Waals surface area contributed by atoms with Gasteiger partial charge < -0.3 is 15.2 Å². The third kappa shape index (κ3) is 3.46. The van der Waals surface area contributed by atoms with Gasteiger partial charge in [0, 0.05) is 25.7 Å². The second-order valence-corrected chi connectivity index (χ2v) is 5.67. The van der Waals surface area contributed by atoms with Crippen molar-refractivity contribution in [2.24, 2.45) is 0 Å². The van der Waals surface area contributed by atoms with Gasteiger partial charge in [0.25, 0.3) is 0 Å². The van der Waals surface area contributed by atoms with E-state index >= 15 is 0 Å². The molecule has 2 rings (SSSR count). The van der Waals surface area contributed by atoms with Crippen LogP contribution in [-0.4, -0.2) is 60.4 Å². The molecule has 0 amide bonds. The summed E-state index contributed by atoms with van der Waals surface area (Å²) in [7, 11) is 0. The van der Waals surface area contributed by atoms with E-state index in [0.717, 1.165) is 58.4 Å². The lowest BCUT2D eigenvalue weighted by Crippen LogP contribution is -2.58. The van der Waals surface area contributed by atoms with Crippen molar-refractivity contribution in [2.45, 2.75) is 50.6 Å². The van der Waals surface area contributed by atoms with E-state index in [1.54, 1.807) is 0 Å². The minimum atomic E-state index is -0.717. The molecule has 2 atom stereocenters. The molecule has 19 heavy (non-hydrogen) atoms.